The lowest BCUT2D eigenvalue weighted by Crippen LogP contribution is -2.25. The number of carbonyl (C=O) groups excluding carboxylic acids is 1. The predicted molar refractivity (Wildman–Crippen MR) is 86.8 cm³/mol. The van der Waals surface area contributed by atoms with Crippen molar-refractivity contribution in [1.82, 2.24) is 0 Å². The highest BCUT2D eigenvalue weighted by Gasteiger charge is 2.29. The molecule has 108 valence electrons. The number of benzene rings is 2. The van der Waals surface area contributed by atoms with Crippen LogP contribution in [0.4, 0.5) is 0 Å². The number of fused-ring (bicyclic) bond motifs is 1. The van der Waals surface area contributed by atoms with Crippen LogP contribution in [-0.2, 0) is 11.2 Å². The maximum Gasteiger partial charge on any atom is 0.182 e. The van der Waals surface area contributed by atoms with Crippen LogP contribution >= 0.6 is 15.9 Å². The van der Waals surface area contributed by atoms with Gasteiger partial charge in [-0.2, -0.15) is 0 Å². The maximum atomic E-state index is 12.3. The monoisotopic (exact) mass is 344 g/mol. The van der Waals surface area contributed by atoms with E-state index in [0.717, 1.165) is 21.3 Å². The van der Waals surface area contributed by atoms with E-state index < -0.39 is 6.10 Å². The zero-order valence-corrected chi connectivity index (χ0v) is 13.7. The Bertz CT molecular complexity index is 674. The zero-order valence-electron chi connectivity index (χ0n) is 12.1. The normalized spacial score (nSPS) is 17.5. The molecule has 0 saturated heterocycles. The third-order valence-electron chi connectivity index (χ3n) is 3.83. The van der Waals surface area contributed by atoms with Crippen molar-refractivity contribution in [2.45, 2.75) is 32.3 Å². The Hall–Kier alpha value is -1.61. The molecule has 3 rings (SSSR count). The molecule has 0 saturated carbocycles. The van der Waals surface area contributed by atoms with Gasteiger partial charge in [-0.05, 0) is 35.2 Å². The number of Topliss-reactive ketones (excluding diaryl/α,β-unsaturated/α-hetero) is 1. The van der Waals surface area contributed by atoms with E-state index in [1.807, 2.05) is 30.3 Å². The summed E-state index contributed by atoms with van der Waals surface area (Å²) in [4.78, 5) is 12.3. The highest BCUT2D eigenvalue weighted by Crippen LogP contribution is 2.34. The van der Waals surface area contributed by atoms with E-state index in [-0.39, 0.29) is 5.78 Å². The minimum absolute atomic E-state index is 0.109. The topological polar surface area (TPSA) is 26.3 Å². The molecule has 2 aromatic carbocycles. The lowest BCUT2D eigenvalue weighted by molar-refractivity contribution is -0.126. The molecule has 3 heteroatoms. The predicted octanol–water partition coefficient (Wildman–Crippen LogP) is 4.82. The van der Waals surface area contributed by atoms with Crippen molar-refractivity contribution in [3.05, 3.63) is 63.6 Å². The summed E-state index contributed by atoms with van der Waals surface area (Å²) in [7, 11) is 0. The molecule has 1 unspecified atom stereocenters. The highest BCUT2D eigenvalue weighted by atomic mass is 79.9. The third kappa shape index (κ3) is 2.88. The second kappa shape index (κ2) is 5.64. The molecular formula is C18H17BrO2. The summed E-state index contributed by atoms with van der Waals surface area (Å²) < 4.78 is 6.89. The van der Waals surface area contributed by atoms with E-state index in [1.54, 1.807) is 0 Å². The van der Waals surface area contributed by atoms with Gasteiger partial charge >= 0.3 is 0 Å². The number of halogens is 1. The fraction of sp³-hybridized carbons (Fsp3) is 0.278. The van der Waals surface area contributed by atoms with Crippen molar-refractivity contribution in [2.75, 3.05) is 0 Å². The third-order valence-corrected chi connectivity index (χ3v) is 4.32. The van der Waals surface area contributed by atoms with Gasteiger partial charge in [0.25, 0.3) is 0 Å². The van der Waals surface area contributed by atoms with Gasteiger partial charge in [0.15, 0.2) is 11.9 Å². The summed E-state index contributed by atoms with van der Waals surface area (Å²) in [6, 6.07) is 14.0. The first-order chi connectivity index (χ1) is 10.0. The molecule has 0 fully saturated rings. The average Bonchev–Trinajstić information content (AvgIpc) is 2.46. The van der Waals surface area contributed by atoms with Gasteiger partial charge in [-0.3, -0.25) is 4.79 Å². The molecule has 0 spiro atoms. The van der Waals surface area contributed by atoms with Crippen LogP contribution in [0.1, 0.15) is 42.6 Å². The smallest absolute Gasteiger partial charge is 0.182 e. The number of hydrogen-bond donors (Lipinski definition) is 0. The molecule has 0 bridgehead atoms. The fourth-order valence-electron chi connectivity index (χ4n) is 2.58. The van der Waals surface area contributed by atoms with Gasteiger partial charge in [0.05, 0.1) is 0 Å². The van der Waals surface area contributed by atoms with Crippen LogP contribution in [0.3, 0.4) is 0 Å². The van der Waals surface area contributed by atoms with Crippen LogP contribution in [0.5, 0.6) is 5.75 Å². The first kappa shape index (κ1) is 14.3. The highest BCUT2D eigenvalue weighted by molar-refractivity contribution is 9.10. The number of rotatable bonds is 2. The van der Waals surface area contributed by atoms with E-state index in [0.29, 0.717) is 12.3 Å². The molecule has 1 aliphatic heterocycles. The molecule has 0 aromatic heterocycles. The summed E-state index contributed by atoms with van der Waals surface area (Å²) in [5.74, 6) is 1.40. The zero-order chi connectivity index (χ0) is 15.0. The molecule has 1 aliphatic rings. The van der Waals surface area contributed by atoms with Crippen molar-refractivity contribution in [2.24, 2.45) is 0 Å². The lowest BCUT2D eigenvalue weighted by Gasteiger charge is -2.25. The average molecular weight is 345 g/mol. The van der Waals surface area contributed by atoms with E-state index in [1.165, 1.54) is 5.56 Å². The maximum absolute atomic E-state index is 12.3. The number of ether oxygens (including phenoxy) is 1. The SMILES string of the molecule is CC(C)c1ccc(C2Oc3ccc(Br)cc3CC2=O)cc1. The summed E-state index contributed by atoms with van der Waals surface area (Å²) in [6.45, 7) is 4.32. The van der Waals surface area contributed by atoms with E-state index in [4.69, 9.17) is 4.74 Å². The van der Waals surface area contributed by atoms with Gasteiger partial charge in [0, 0.05) is 16.5 Å². The molecule has 21 heavy (non-hydrogen) atoms. The Labute approximate surface area is 133 Å². The molecule has 0 amide bonds. The van der Waals surface area contributed by atoms with Gasteiger partial charge < -0.3 is 4.74 Å². The molecule has 1 heterocycles. The Morgan fingerprint density at radius 3 is 2.52 bits per heavy atom. The molecule has 0 radical (unpaired) electrons. The largest absolute Gasteiger partial charge is 0.478 e. The number of ketones is 1. The molecule has 2 nitrogen and oxygen atoms in total. The second-order valence-corrected chi connectivity index (χ2v) is 6.63. The van der Waals surface area contributed by atoms with Gasteiger partial charge in [-0.15, -0.1) is 0 Å². The molecule has 0 N–H and O–H groups in total. The van der Waals surface area contributed by atoms with Crippen LogP contribution in [-0.4, -0.2) is 5.78 Å². The van der Waals surface area contributed by atoms with Crippen LogP contribution in [0.2, 0.25) is 0 Å². The van der Waals surface area contributed by atoms with Crippen LogP contribution in [0.25, 0.3) is 0 Å². The van der Waals surface area contributed by atoms with Gasteiger partial charge in [0.2, 0.25) is 0 Å². The van der Waals surface area contributed by atoms with Crippen molar-refractivity contribution in [3.63, 3.8) is 0 Å². The van der Waals surface area contributed by atoms with Crippen LogP contribution < -0.4 is 4.74 Å². The molecule has 2 aromatic rings. The van der Waals surface area contributed by atoms with E-state index in [9.17, 15) is 4.79 Å². The summed E-state index contributed by atoms with van der Waals surface area (Å²) in [5, 5.41) is 0. The van der Waals surface area contributed by atoms with Gasteiger partial charge in [0.1, 0.15) is 5.75 Å². The van der Waals surface area contributed by atoms with E-state index >= 15 is 0 Å². The van der Waals surface area contributed by atoms with Crippen molar-refractivity contribution in [1.29, 1.82) is 0 Å². The van der Waals surface area contributed by atoms with Crippen LogP contribution in [0, 0.1) is 0 Å². The molecular weight excluding hydrogens is 328 g/mol. The van der Waals surface area contributed by atoms with Crippen LogP contribution in [0.15, 0.2) is 46.9 Å². The van der Waals surface area contributed by atoms with Crippen molar-refractivity contribution in [3.8, 4) is 5.75 Å². The number of hydrogen-bond acceptors (Lipinski definition) is 2. The van der Waals surface area contributed by atoms with Gasteiger partial charge in [-0.25, -0.2) is 0 Å². The Morgan fingerprint density at radius 1 is 1.14 bits per heavy atom. The molecule has 1 atom stereocenters. The fourth-order valence-corrected chi connectivity index (χ4v) is 2.99. The van der Waals surface area contributed by atoms with Crippen molar-refractivity contribution >= 4 is 21.7 Å². The Kier molecular flexibility index (Phi) is 3.85. The van der Waals surface area contributed by atoms with Gasteiger partial charge in [-0.1, -0.05) is 54.0 Å². The summed E-state index contributed by atoms with van der Waals surface area (Å²) >= 11 is 3.42. The number of carbonyl (C=O) groups is 1. The Morgan fingerprint density at radius 2 is 1.86 bits per heavy atom. The lowest BCUT2D eigenvalue weighted by atomic mass is 9.94. The first-order valence-corrected chi connectivity index (χ1v) is 7.91. The molecule has 0 aliphatic carbocycles. The standard InChI is InChI=1S/C18H17BrO2/c1-11(2)12-3-5-13(6-4-12)18-16(20)10-14-9-15(19)7-8-17(14)21-18/h3-9,11,18H,10H2,1-2H3. The summed E-state index contributed by atoms with van der Waals surface area (Å²) in [6.07, 6.45) is -0.0642. The van der Waals surface area contributed by atoms with E-state index in [2.05, 4.69) is 41.9 Å². The van der Waals surface area contributed by atoms with Crippen molar-refractivity contribution < 1.29 is 9.53 Å². The minimum atomic E-state index is -0.486. The summed E-state index contributed by atoms with van der Waals surface area (Å²) in [5.41, 5.74) is 3.15. The Balaban J connectivity index is 1.89. The first-order valence-electron chi connectivity index (χ1n) is 7.12. The quantitative estimate of drug-likeness (QED) is 0.780. The second-order valence-electron chi connectivity index (χ2n) is 5.71. The minimum Gasteiger partial charge on any atom is -0.478 e.